The van der Waals surface area contributed by atoms with E-state index in [4.69, 9.17) is 0 Å². The highest BCUT2D eigenvalue weighted by molar-refractivity contribution is 7.10. The third kappa shape index (κ3) is 1.31. The van der Waals surface area contributed by atoms with Crippen LogP contribution in [0, 0.1) is 11.8 Å². The van der Waals surface area contributed by atoms with Gasteiger partial charge in [-0.05, 0) is 42.0 Å². The van der Waals surface area contributed by atoms with E-state index < -0.39 is 0 Å². The topological polar surface area (TPSA) is 0 Å². The highest BCUT2D eigenvalue weighted by atomic mass is 32.1. The van der Waals surface area contributed by atoms with Crippen molar-refractivity contribution in [3.8, 4) is 0 Å². The number of thiophene rings is 1. The lowest BCUT2D eigenvalue weighted by atomic mass is 9.90. The summed E-state index contributed by atoms with van der Waals surface area (Å²) in [5.41, 5.74) is 0. The first-order chi connectivity index (χ1) is 5.79. The van der Waals surface area contributed by atoms with Crippen molar-refractivity contribution in [1.82, 2.24) is 0 Å². The van der Waals surface area contributed by atoms with Crippen LogP contribution in [0.3, 0.4) is 0 Å². The second-order valence-corrected chi connectivity index (χ2v) is 5.05. The maximum Gasteiger partial charge on any atom is 0.00814 e. The van der Waals surface area contributed by atoms with Crippen LogP contribution in [0.4, 0.5) is 0 Å². The van der Waals surface area contributed by atoms with Gasteiger partial charge in [0.15, 0.2) is 0 Å². The zero-order valence-electron chi connectivity index (χ0n) is 7.79. The van der Waals surface area contributed by atoms with Crippen molar-refractivity contribution in [3.63, 3.8) is 0 Å². The molecule has 0 amide bonds. The average molecular weight is 180 g/mol. The van der Waals surface area contributed by atoms with Crippen LogP contribution in [0.5, 0.6) is 0 Å². The summed E-state index contributed by atoms with van der Waals surface area (Å²) < 4.78 is 0. The van der Waals surface area contributed by atoms with Gasteiger partial charge in [0.25, 0.3) is 0 Å². The van der Waals surface area contributed by atoms with Crippen LogP contribution in [0.2, 0.25) is 0 Å². The highest BCUT2D eigenvalue weighted by Gasteiger charge is 2.31. The average Bonchev–Trinajstić information content (AvgIpc) is 2.61. The molecule has 0 spiro atoms. The first-order valence-corrected chi connectivity index (χ1v) is 5.70. The summed E-state index contributed by atoms with van der Waals surface area (Å²) in [6, 6.07) is 4.48. The summed E-state index contributed by atoms with van der Waals surface area (Å²) in [4.78, 5) is 1.60. The molecular weight excluding hydrogens is 164 g/mol. The molecule has 1 heteroatoms. The van der Waals surface area contributed by atoms with E-state index >= 15 is 0 Å². The fourth-order valence-corrected chi connectivity index (χ4v) is 3.58. The van der Waals surface area contributed by atoms with Crippen molar-refractivity contribution in [2.45, 2.75) is 32.6 Å². The number of hydrogen-bond donors (Lipinski definition) is 0. The van der Waals surface area contributed by atoms with E-state index in [0.29, 0.717) is 0 Å². The first kappa shape index (κ1) is 8.31. The second-order valence-electron chi connectivity index (χ2n) is 4.07. The standard InChI is InChI=1S/C11H16S/c1-8-5-6-9(2)11(8)10-4-3-7-12-10/h3-4,7-9,11H,5-6H2,1-2H3. The zero-order chi connectivity index (χ0) is 8.55. The van der Waals surface area contributed by atoms with Crippen molar-refractivity contribution in [3.05, 3.63) is 22.4 Å². The lowest BCUT2D eigenvalue weighted by Crippen LogP contribution is -2.06. The molecule has 1 aliphatic rings. The van der Waals surface area contributed by atoms with Crippen LogP contribution in [-0.2, 0) is 0 Å². The van der Waals surface area contributed by atoms with Gasteiger partial charge in [-0.1, -0.05) is 19.9 Å². The number of hydrogen-bond acceptors (Lipinski definition) is 1. The van der Waals surface area contributed by atoms with Crippen LogP contribution in [-0.4, -0.2) is 0 Å². The van der Waals surface area contributed by atoms with Crippen LogP contribution in [0.1, 0.15) is 37.5 Å². The van der Waals surface area contributed by atoms with Gasteiger partial charge in [-0.15, -0.1) is 11.3 Å². The third-order valence-corrected chi connectivity index (χ3v) is 4.15. The Hall–Kier alpha value is -0.300. The highest BCUT2D eigenvalue weighted by Crippen LogP contribution is 2.44. The normalized spacial score (nSPS) is 35.7. The Bertz CT molecular complexity index is 228. The molecule has 2 atom stereocenters. The minimum absolute atomic E-state index is 0.852. The lowest BCUT2D eigenvalue weighted by Gasteiger charge is -2.17. The van der Waals surface area contributed by atoms with Gasteiger partial charge in [-0.25, -0.2) is 0 Å². The molecule has 0 nitrogen and oxygen atoms in total. The molecule has 1 aromatic rings. The molecule has 1 saturated carbocycles. The van der Waals surface area contributed by atoms with Crippen LogP contribution >= 0.6 is 11.3 Å². The van der Waals surface area contributed by atoms with Crippen molar-refractivity contribution < 1.29 is 0 Å². The predicted octanol–water partition coefficient (Wildman–Crippen LogP) is 3.90. The Morgan fingerprint density at radius 3 is 2.42 bits per heavy atom. The SMILES string of the molecule is CC1CCC(C)C1c1cccs1. The second kappa shape index (κ2) is 3.21. The molecule has 1 aromatic heterocycles. The lowest BCUT2D eigenvalue weighted by molar-refractivity contribution is 0.467. The molecule has 0 radical (unpaired) electrons. The van der Waals surface area contributed by atoms with E-state index in [1.54, 1.807) is 4.88 Å². The van der Waals surface area contributed by atoms with E-state index in [9.17, 15) is 0 Å². The van der Waals surface area contributed by atoms with Crippen molar-refractivity contribution in [2.24, 2.45) is 11.8 Å². The third-order valence-electron chi connectivity index (χ3n) is 3.18. The van der Waals surface area contributed by atoms with Gasteiger partial charge in [0.2, 0.25) is 0 Å². The Balaban J connectivity index is 2.22. The molecular formula is C11H16S. The Morgan fingerprint density at radius 2 is 1.92 bits per heavy atom. The maximum absolute atomic E-state index is 2.40. The fourth-order valence-electron chi connectivity index (χ4n) is 2.49. The zero-order valence-corrected chi connectivity index (χ0v) is 8.60. The minimum Gasteiger partial charge on any atom is -0.149 e. The quantitative estimate of drug-likeness (QED) is 0.615. The molecule has 12 heavy (non-hydrogen) atoms. The van der Waals surface area contributed by atoms with Crippen molar-refractivity contribution in [2.75, 3.05) is 0 Å². The molecule has 0 saturated heterocycles. The van der Waals surface area contributed by atoms with Gasteiger partial charge in [0.1, 0.15) is 0 Å². The van der Waals surface area contributed by atoms with Gasteiger partial charge in [0.05, 0.1) is 0 Å². The summed E-state index contributed by atoms with van der Waals surface area (Å²) in [6.45, 7) is 4.79. The van der Waals surface area contributed by atoms with E-state index in [0.717, 1.165) is 17.8 Å². The molecule has 1 aliphatic carbocycles. The van der Waals surface area contributed by atoms with Gasteiger partial charge < -0.3 is 0 Å². The molecule has 1 fully saturated rings. The molecule has 0 N–H and O–H groups in total. The van der Waals surface area contributed by atoms with Gasteiger partial charge in [-0.3, -0.25) is 0 Å². The maximum atomic E-state index is 2.40. The van der Waals surface area contributed by atoms with Crippen molar-refractivity contribution in [1.29, 1.82) is 0 Å². The van der Waals surface area contributed by atoms with E-state index in [2.05, 4.69) is 31.4 Å². The smallest absolute Gasteiger partial charge is 0.00814 e. The minimum atomic E-state index is 0.852. The van der Waals surface area contributed by atoms with Crippen LogP contribution in [0.15, 0.2) is 17.5 Å². The van der Waals surface area contributed by atoms with Gasteiger partial charge >= 0.3 is 0 Å². The van der Waals surface area contributed by atoms with Crippen LogP contribution < -0.4 is 0 Å². The summed E-state index contributed by atoms with van der Waals surface area (Å²) in [7, 11) is 0. The van der Waals surface area contributed by atoms with Gasteiger partial charge in [-0.2, -0.15) is 0 Å². The molecule has 0 bridgehead atoms. The van der Waals surface area contributed by atoms with Crippen molar-refractivity contribution >= 4 is 11.3 Å². The predicted molar refractivity (Wildman–Crippen MR) is 54.6 cm³/mol. The summed E-state index contributed by atoms with van der Waals surface area (Å²) in [6.07, 6.45) is 2.84. The molecule has 1 heterocycles. The number of rotatable bonds is 1. The first-order valence-electron chi connectivity index (χ1n) is 4.82. The molecule has 2 rings (SSSR count). The largest absolute Gasteiger partial charge is 0.149 e. The fraction of sp³-hybridized carbons (Fsp3) is 0.636. The van der Waals surface area contributed by atoms with E-state index in [1.807, 2.05) is 11.3 Å². The van der Waals surface area contributed by atoms with E-state index in [-0.39, 0.29) is 0 Å². The molecule has 0 aliphatic heterocycles. The Kier molecular flexibility index (Phi) is 2.22. The molecule has 0 aromatic carbocycles. The van der Waals surface area contributed by atoms with Gasteiger partial charge in [0, 0.05) is 4.88 Å². The summed E-state index contributed by atoms with van der Waals surface area (Å²) >= 11 is 1.93. The summed E-state index contributed by atoms with van der Waals surface area (Å²) in [5, 5.41) is 2.20. The Labute approximate surface area is 78.6 Å². The van der Waals surface area contributed by atoms with E-state index in [1.165, 1.54) is 12.8 Å². The molecule has 66 valence electrons. The molecule has 2 unspecified atom stereocenters. The monoisotopic (exact) mass is 180 g/mol. The Morgan fingerprint density at radius 1 is 1.25 bits per heavy atom. The van der Waals surface area contributed by atoms with Crippen LogP contribution in [0.25, 0.3) is 0 Å². The summed E-state index contributed by atoms with van der Waals surface area (Å²) in [5.74, 6) is 2.65.